The first-order valence-electron chi connectivity index (χ1n) is 8.53. The Hall–Kier alpha value is -2.38. The van der Waals surface area contributed by atoms with Gasteiger partial charge < -0.3 is 19.9 Å². The minimum atomic E-state index is -0.821. The number of carboxylic acids is 1. The first-order valence-corrected chi connectivity index (χ1v) is 9.34. The van der Waals surface area contributed by atoms with Crippen molar-refractivity contribution in [2.45, 2.75) is 32.4 Å². The van der Waals surface area contributed by atoms with E-state index in [1.54, 1.807) is 11.3 Å². The summed E-state index contributed by atoms with van der Waals surface area (Å²) in [7, 11) is 0. The van der Waals surface area contributed by atoms with Gasteiger partial charge in [0.25, 0.3) is 5.91 Å². The average molecular weight is 375 g/mol. The number of thiophene rings is 1. The molecule has 2 heterocycles. The van der Waals surface area contributed by atoms with Crippen molar-refractivity contribution in [3.63, 3.8) is 0 Å². The Morgan fingerprint density at radius 1 is 1.27 bits per heavy atom. The van der Waals surface area contributed by atoms with Gasteiger partial charge in [0.15, 0.2) is 0 Å². The van der Waals surface area contributed by atoms with E-state index in [1.165, 1.54) is 4.88 Å². The van der Waals surface area contributed by atoms with E-state index in [2.05, 4.69) is 5.32 Å². The van der Waals surface area contributed by atoms with Crippen LogP contribution >= 0.6 is 11.3 Å². The molecule has 1 aromatic carbocycles. The molecule has 1 aromatic heterocycles. The van der Waals surface area contributed by atoms with E-state index in [4.69, 9.17) is 14.6 Å². The molecule has 0 radical (unpaired) electrons. The minimum absolute atomic E-state index is 0.0709. The molecule has 1 aliphatic rings. The molecule has 26 heavy (non-hydrogen) atoms. The van der Waals surface area contributed by atoms with Crippen molar-refractivity contribution >= 4 is 23.2 Å². The zero-order chi connectivity index (χ0) is 18.4. The van der Waals surface area contributed by atoms with Crippen molar-refractivity contribution in [1.82, 2.24) is 5.32 Å². The second-order valence-corrected chi connectivity index (χ2v) is 7.17. The molecule has 0 saturated heterocycles. The molecule has 6 nitrogen and oxygen atoms in total. The molecule has 0 fully saturated rings. The van der Waals surface area contributed by atoms with Crippen LogP contribution in [0.4, 0.5) is 0 Å². The van der Waals surface area contributed by atoms with Crippen molar-refractivity contribution < 1.29 is 24.2 Å². The molecule has 1 amide bonds. The summed E-state index contributed by atoms with van der Waals surface area (Å²) in [5, 5.41) is 11.5. The summed E-state index contributed by atoms with van der Waals surface area (Å²) in [4.78, 5) is 24.7. The number of benzene rings is 1. The lowest BCUT2D eigenvalue weighted by molar-refractivity contribution is -0.137. The van der Waals surface area contributed by atoms with Crippen LogP contribution < -0.4 is 10.1 Å². The maximum absolute atomic E-state index is 12.3. The van der Waals surface area contributed by atoms with Gasteiger partial charge >= 0.3 is 5.97 Å². The normalized spacial score (nSPS) is 13.1. The number of carbonyl (C=O) groups is 2. The highest BCUT2D eigenvalue weighted by atomic mass is 32.1. The molecule has 0 saturated carbocycles. The van der Waals surface area contributed by atoms with Gasteiger partial charge in [0, 0.05) is 24.3 Å². The molecular formula is C19H21NO5S. The molecule has 2 aromatic rings. The zero-order valence-electron chi connectivity index (χ0n) is 14.3. The molecule has 138 valence electrons. The van der Waals surface area contributed by atoms with Crippen molar-refractivity contribution in [2.75, 3.05) is 13.2 Å². The third-order valence-corrected chi connectivity index (χ3v) is 5.27. The van der Waals surface area contributed by atoms with Gasteiger partial charge in [-0.05, 0) is 35.7 Å². The highest BCUT2D eigenvalue weighted by Gasteiger charge is 2.17. The monoisotopic (exact) mass is 375 g/mol. The molecule has 0 spiro atoms. The summed E-state index contributed by atoms with van der Waals surface area (Å²) >= 11 is 1.54. The van der Waals surface area contributed by atoms with E-state index in [0.717, 1.165) is 29.0 Å². The van der Waals surface area contributed by atoms with Gasteiger partial charge in [-0.2, -0.15) is 0 Å². The largest absolute Gasteiger partial charge is 0.494 e. The Balaban J connectivity index is 1.46. The third kappa shape index (κ3) is 5.06. The highest BCUT2D eigenvalue weighted by Crippen LogP contribution is 2.26. The summed E-state index contributed by atoms with van der Waals surface area (Å²) < 4.78 is 10.9. The van der Waals surface area contributed by atoms with Gasteiger partial charge in [-0.3, -0.25) is 9.59 Å². The second kappa shape index (κ2) is 8.82. The topological polar surface area (TPSA) is 84.9 Å². The molecule has 0 atom stereocenters. The number of ether oxygens (including phenoxy) is 2. The standard InChI is InChI=1S/C19H21NO5S/c21-18(22)2-1-8-25-15-5-3-13(4-6-15)11-20-19(23)17-10-14-12-24-9-7-16(14)26-17/h3-6,10H,1-2,7-9,11-12H2,(H,20,23)(H,21,22). The minimum Gasteiger partial charge on any atom is -0.494 e. The van der Waals surface area contributed by atoms with E-state index in [1.807, 2.05) is 30.3 Å². The lowest BCUT2D eigenvalue weighted by atomic mass is 10.2. The SMILES string of the molecule is O=C(O)CCCOc1ccc(CNC(=O)c2cc3c(s2)CCOC3)cc1. The number of carbonyl (C=O) groups excluding carboxylic acids is 1. The van der Waals surface area contributed by atoms with Crippen LogP contribution in [0.5, 0.6) is 5.75 Å². The number of hydrogen-bond acceptors (Lipinski definition) is 5. The lowest BCUT2D eigenvalue weighted by Crippen LogP contribution is -2.21. The van der Waals surface area contributed by atoms with Gasteiger partial charge in [0.05, 0.1) is 24.7 Å². The van der Waals surface area contributed by atoms with Crippen molar-refractivity contribution in [3.05, 3.63) is 51.2 Å². The Morgan fingerprint density at radius 2 is 2.08 bits per heavy atom. The number of amides is 1. The first-order chi connectivity index (χ1) is 12.6. The summed E-state index contributed by atoms with van der Waals surface area (Å²) in [5.74, 6) is -0.200. The van der Waals surface area contributed by atoms with Crippen LogP contribution in [-0.2, 0) is 29.1 Å². The van der Waals surface area contributed by atoms with Crippen molar-refractivity contribution in [1.29, 1.82) is 0 Å². The number of hydrogen-bond donors (Lipinski definition) is 2. The smallest absolute Gasteiger partial charge is 0.303 e. The van der Waals surface area contributed by atoms with Crippen LogP contribution in [0, 0.1) is 0 Å². The fraction of sp³-hybridized carbons (Fsp3) is 0.368. The van der Waals surface area contributed by atoms with Crippen LogP contribution in [0.2, 0.25) is 0 Å². The molecule has 1 aliphatic heterocycles. The Labute approximate surface area is 155 Å². The Kier molecular flexibility index (Phi) is 6.25. The Bertz CT molecular complexity index is 745. The summed E-state index contributed by atoms with van der Waals surface area (Å²) in [5.41, 5.74) is 2.09. The number of fused-ring (bicyclic) bond motifs is 1. The second-order valence-electron chi connectivity index (χ2n) is 6.03. The van der Waals surface area contributed by atoms with Crippen molar-refractivity contribution in [2.24, 2.45) is 0 Å². The number of aliphatic carboxylic acids is 1. The number of nitrogens with one attached hydrogen (secondary N) is 1. The van der Waals surface area contributed by atoms with Crippen LogP contribution in [0.15, 0.2) is 30.3 Å². The van der Waals surface area contributed by atoms with Gasteiger partial charge in [0.2, 0.25) is 0 Å². The summed E-state index contributed by atoms with van der Waals surface area (Å²) in [6.45, 7) is 2.12. The lowest BCUT2D eigenvalue weighted by Gasteiger charge is -2.10. The molecule has 0 bridgehead atoms. The van der Waals surface area contributed by atoms with E-state index in [0.29, 0.717) is 31.9 Å². The van der Waals surface area contributed by atoms with Gasteiger partial charge in [0.1, 0.15) is 5.75 Å². The maximum atomic E-state index is 12.3. The van der Waals surface area contributed by atoms with Crippen molar-refractivity contribution in [3.8, 4) is 5.75 Å². The van der Waals surface area contributed by atoms with Crippen LogP contribution in [0.25, 0.3) is 0 Å². The van der Waals surface area contributed by atoms with Gasteiger partial charge in [-0.15, -0.1) is 11.3 Å². The molecule has 0 unspecified atom stereocenters. The highest BCUT2D eigenvalue weighted by molar-refractivity contribution is 7.14. The quantitative estimate of drug-likeness (QED) is 0.693. The van der Waals surface area contributed by atoms with Gasteiger partial charge in [-0.1, -0.05) is 12.1 Å². The average Bonchev–Trinajstić information content (AvgIpc) is 3.08. The third-order valence-electron chi connectivity index (χ3n) is 4.03. The van der Waals surface area contributed by atoms with E-state index >= 15 is 0 Å². The zero-order valence-corrected chi connectivity index (χ0v) is 15.1. The predicted molar refractivity (Wildman–Crippen MR) is 97.7 cm³/mol. The Morgan fingerprint density at radius 3 is 2.81 bits per heavy atom. The fourth-order valence-corrected chi connectivity index (χ4v) is 3.71. The van der Waals surface area contributed by atoms with E-state index < -0.39 is 5.97 Å². The first kappa shape index (κ1) is 18.4. The summed E-state index contributed by atoms with van der Waals surface area (Å²) in [6.07, 6.45) is 1.45. The molecule has 7 heteroatoms. The molecular weight excluding hydrogens is 354 g/mol. The van der Waals surface area contributed by atoms with Crippen LogP contribution in [0.3, 0.4) is 0 Å². The van der Waals surface area contributed by atoms with Crippen LogP contribution in [-0.4, -0.2) is 30.2 Å². The van der Waals surface area contributed by atoms with E-state index in [9.17, 15) is 9.59 Å². The fourth-order valence-electron chi connectivity index (χ4n) is 2.65. The predicted octanol–water partition coefficient (Wildman–Crippen LogP) is 2.99. The molecule has 0 aliphatic carbocycles. The number of rotatable bonds is 8. The molecule has 3 rings (SSSR count). The summed E-state index contributed by atoms with van der Waals surface area (Å²) in [6, 6.07) is 9.34. The van der Waals surface area contributed by atoms with Crippen LogP contribution in [0.1, 0.15) is 38.5 Å². The maximum Gasteiger partial charge on any atom is 0.303 e. The number of carboxylic acid groups (broad SMARTS) is 1. The van der Waals surface area contributed by atoms with Gasteiger partial charge in [-0.25, -0.2) is 0 Å². The molecule has 2 N–H and O–H groups in total. The van der Waals surface area contributed by atoms with E-state index in [-0.39, 0.29) is 12.3 Å².